The zero-order chi connectivity index (χ0) is 19.8. The smallest absolute Gasteiger partial charge is 0.169 e. The quantitative estimate of drug-likeness (QED) is 0.430. The molecule has 0 aliphatic heterocycles. The fourth-order valence-corrected chi connectivity index (χ4v) is 4.24. The van der Waals surface area contributed by atoms with Gasteiger partial charge in [0, 0.05) is 22.6 Å². The Morgan fingerprint density at radius 2 is 1.76 bits per heavy atom. The number of H-pyrrole nitrogens is 1. The Bertz CT molecular complexity index is 1160. The van der Waals surface area contributed by atoms with Gasteiger partial charge in [0.1, 0.15) is 0 Å². The molecule has 4 N–H and O–H groups in total. The van der Waals surface area contributed by atoms with Gasteiger partial charge in [-0.1, -0.05) is 54.8 Å². The minimum Gasteiger partial charge on any atom is -0.381 e. The maximum absolute atomic E-state index is 6.50. The van der Waals surface area contributed by atoms with E-state index in [1.807, 2.05) is 42.5 Å². The highest BCUT2D eigenvalue weighted by atomic mass is 35.5. The molecule has 7 heteroatoms. The molecule has 0 atom stereocenters. The summed E-state index contributed by atoms with van der Waals surface area (Å²) in [6.45, 7) is 0. The minimum absolute atomic E-state index is 0.391. The van der Waals surface area contributed by atoms with Crippen LogP contribution in [0.5, 0.6) is 0 Å². The molecule has 1 aliphatic carbocycles. The minimum atomic E-state index is 0.391. The number of halogens is 1. The summed E-state index contributed by atoms with van der Waals surface area (Å²) in [5, 5.41) is 12.0. The highest BCUT2D eigenvalue weighted by molar-refractivity contribution is 6.35. The Hall–Kier alpha value is -3.12. The summed E-state index contributed by atoms with van der Waals surface area (Å²) in [4.78, 5) is 9.67. The summed E-state index contributed by atoms with van der Waals surface area (Å²) in [5.74, 6) is 1.05. The van der Waals surface area contributed by atoms with Crippen LogP contribution in [-0.2, 0) is 0 Å². The van der Waals surface area contributed by atoms with Gasteiger partial charge in [-0.25, -0.2) is 9.97 Å². The van der Waals surface area contributed by atoms with E-state index in [-0.39, 0.29) is 0 Å². The van der Waals surface area contributed by atoms with Crippen LogP contribution in [0.15, 0.2) is 48.7 Å². The molecule has 0 spiro atoms. The second kappa shape index (κ2) is 7.37. The lowest BCUT2D eigenvalue weighted by Crippen LogP contribution is -2.18. The number of hydrogen-bond acceptors (Lipinski definition) is 5. The van der Waals surface area contributed by atoms with Gasteiger partial charge in [-0.2, -0.15) is 5.10 Å². The molecular formula is C22H21ClN6. The molecule has 4 aromatic rings. The molecule has 2 aromatic heterocycles. The monoisotopic (exact) mass is 404 g/mol. The number of nitrogens with one attached hydrogen (secondary N) is 2. The van der Waals surface area contributed by atoms with Crippen LogP contribution in [0.3, 0.4) is 0 Å². The zero-order valence-corrected chi connectivity index (χ0v) is 16.6. The first-order valence-electron chi connectivity index (χ1n) is 9.81. The maximum atomic E-state index is 6.50. The van der Waals surface area contributed by atoms with E-state index in [1.54, 1.807) is 6.20 Å². The van der Waals surface area contributed by atoms with E-state index in [1.165, 1.54) is 12.8 Å². The van der Waals surface area contributed by atoms with Crippen molar-refractivity contribution in [3.05, 3.63) is 53.7 Å². The molecule has 2 aromatic carbocycles. The fraction of sp³-hybridized carbons (Fsp3) is 0.227. The lowest BCUT2D eigenvalue weighted by atomic mass is 10.0. The van der Waals surface area contributed by atoms with Crippen LogP contribution in [0.1, 0.15) is 25.7 Å². The summed E-state index contributed by atoms with van der Waals surface area (Å²) < 4.78 is 0. The van der Waals surface area contributed by atoms with Crippen molar-refractivity contribution in [1.82, 2.24) is 20.2 Å². The van der Waals surface area contributed by atoms with Crippen molar-refractivity contribution in [2.75, 3.05) is 11.1 Å². The van der Waals surface area contributed by atoms with Gasteiger partial charge >= 0.3 is 0 Å². The number of nitrogen functional groups attached to an aromatic ring is 1. The molecule has 0 bridgehead atoms. The van der Waals surface area contributed by atoms with E-state index in [0.717, 1.165) is 46.3 Å². The van der Waals surface area contributed by atoms with Crippen LogP contribution in [0.4, 0.5) is 11.6 Å². The molecule has 2 heterocycles. The molecule has 6 nitrogen and oxygen atoms in total. The molecular weight excluding hydrogens is 384 g/mol. The summed E-state index contributed by atoms with van der Waals surface area (Å²) in [7, 11) is 0. The summed E-state index contributed by atoms with van der Waals surface area (Å²) in [5.41, 5.74) is 10.4. The Kier molecular flexibility index (Phi) is 4.56. The van der Waals surface area contributed by atoms with Crippen LogP contribution >= 0.6 is 11.6 Å². The molecule has 5 rings (SSSR count). The van der Waals surface area contributed by atoms with Gasteiger partial charge in [0.05, 0.1) is 28.1 Å². The first-order valence-corrected chi connectivity index (χ1v) is 10.2. The van der Waals surface area contributed by atoms with Gasteiger partial charge in [0.25, 0.3) is 0 Å². The molecule has 1 saturated carbocycles. The summed E-state index contributed by atoms with van der Waals surface area (Å²) in [6, 6.07) is 14.3. The number of nitrogens with two attached hydrogens (primary N) is 1. The number of anilines is 2. The number of fused-ring (bicyclic) bond motifs is 1. The summed E-state index contributed by atoms with van der Waals surface area (Å²) >= 11 is 6.50. The molecule has 0 radical (unpaired) electrons. The van der Waals surface area contributed by atoms with Crippen molar-refractivity contribution in [3.8, 4) is 22.5 Å². The standard InChI is InChI=1S/C22H21ClN6/c23-17-11-14(10-15-12-25-29-18(15)17)20-19(13-6-2-1-3-7-13)27-21(24)22(28-20)26-16-8-4-5-9-16/h1-3,6-7,10-12,16H,4-5,8-9H2,(H2,24,27)(H,25,29)(H,26,28). The average molecular weight is 405 g/mol. The first kappa shape index (κ1) is 17.9. The lowest BCUT2D eigenvalue weighted by Gasteiger charge is -2.17. The van der Waals surface area contributed by atoms with Gasteiger partial charge in [-0.3, -0.25) is 5.10 Å². The topological polar surface area (TPSA) is 92.5 Å². The molecule has 1 aliphatic rings. The van der Waals surface area contributed by atoms with Crippen LogP contribution in [0.2, 0.25) is 5.02 Å². The summed E-state index contributed by atoms with van der Waals surface area (Å²) in [6.07, 6.45) is 6.47. The predicted molar refractivity (Wildman–Crippen MR) is 118 cm³/mol. The fourth-order valence-electron chi connectivity index (χ4n) is 3.97. The van der Waals surface area contributed by atoms with Crippen LogP contribution in [-0.4, -0.2) is 26.2 Å². The Morgan fingerprint density at radius 1 is 1.00 bits per heavy atom. The maximum Gasteiger partial charge on any atom is 0.169 e. The van der Waals surface area contributed by atoms with E-state index < -0.39 is 0 Å². The molecule has 0 amide bonds. The SMILES string of the molecule is Nc1nc(-c2ccccc2)c(-c2cc(Cl)c3[nH]ncc3c2)nc1NC1CCCC1. The van der Waals surface area contributed by atoms with Crippen LogP contribution < -0.4 is 11.1 Å². The van der Waals surface area contributed by atoms with Crippen LogP contribution in [0, 0.1) is 0 Å². The number of rotatable bonds is 4. The molecule has 146 valence electrons. The molecule has 1 fully saturated rings. The van der Waals surface area contributed by atoms with E-state index in [2.05, 4.69) is 15.5 Å². The van der Waals surface area contributed by atoms with Gasteiger partial charge in [-0.05, 0) is 25.0 Å². The molecule has 0 unspecified atom stereocenters. The van der Waals surface area contributed by atoms with Crippen molar-refractivity contribution in [1.29, 1.82) is 0 Å². The Morgan fingerprint density at radius 3 is 2.55 bits per heavy atom. The molecule has 29 heavy (non-hydrogen) atoms. The Labute approximate surface area is 173 Å². The normalized spacial score (nSPS) is 14.5. The number of nitrogens with zero attached hydrogens (tertiary/aromatic N) is 3. The van der Waals surface area contributed by atoms with Gasteiger partial charge in [0.15, 0.2) is 11.6 Å². The zero-order valence-electron chi connectivity index (χ0n) is 15.8. The number of aromatic amines is 1. The van der Waals surface area contributed by atoms with E-state index in [9.17, 15) is 0 Å². The van der Waals surface area contributed by atoms with Crippen molar-refractivity contribution >= 4 is 34.1 Å². The average Bonchev–Trinajstić information content (AvgIpc) is 3.42. The highest BCUT2D eigenvalue weighted by Gasteiger charge is 2.20. The third-order valence-corrected chi connectivity index (χ3v) is 5.74. The van der Waals surface area contributed by atoms with Gasteiger partial charge in [0.2, 0.25) is 0 Å². The highest BCUT2D eigenvalue weighted by Crippen LogP contribution is 2.36. The number of aromatic nitrogens is 4. The largest absolute Gasteiger partial charge is 0.381 e. The van der Waals surface area contributed by atoms with Gasteiger partial charge in [-0.15, -0.1) is 0 Å². The third kappa shape index (κ3) is 3.40. The van der Waals surface area contributed by atoms with Crippen molar-refractivity contribution in [2.45, 2.75) is 31.7 Å². The second-order valence-electron chi connectivity index (χ2n) is 7.44. The van der Waals surface area contributed by atoms with Crippen LogP contribution in [0.25, 0.3) is 33.4 Å². The third-order valence-electron chi connectivity index (χ3n) is 5.44. The predicted octanol–water partition coefficient (Wildman–Crippen LogP) is 5.28. The van der Waals surface area contributed by atoms with E-state index in [4.69, 9.17) is 27.3 Å². The van der Waals surface area contributed by atoms with Crippen molar-refractivity contribution < 1.29 is 0 Å². The second-order valence-corrected chi connectivity index (χ2v) is 7.85. The Balaban J connectivity index is 1.69. The first-order chi connectivity index (χ1) is 14.2. The van der Waals surface area contributed by atoms with Crippen molar-refractivity contribution in [2.24, 2.45) is 0 Å². The van der Waals surface area contributed by atoms with E-state index in [0.29, 0.717) is 22.7 Å². The van der Waals surface area contributed by atoms with Gasteiger partial charge < -0.3 is 11.1 Å². The molecule has 0 saturated heterocycles. The number of benzene rings is 2. The van der Waals surface area contributed by atoms with Crippen molar-refractivity contribution in [3.63, 3.8) is 0 Å². The lowest BCUT2D eigenvalue weighted by molar-refractivity contribution is 0.750. The number of hydrogen-bond donors (Lipinski definition) is 3. The van der Waals surface area contributed by atoms with E-state index >= 15 is 0 Å².